The zero-order valence-corrected chi connectivity index (χ0v) is 7.96. The third-order valence-electron chi connectivity index (χ3n) is 2.11. The van der Waals surface area contributed by atoms with E-state index in [1.807, 2.05) is 6.92 Å². The average molecular weight is 210 g/mol. The van der Waals surface area contributed by atoms with Crippen LogP contribution in [0.25, 0.3) is 11.0 Å². The summed E-state index contributed by atoms with van der Waals surface area (Å²) in [5, 5.41) is 0.666. The number of carbonyl (C=O) groups excluding carboxylic acids is 1. The van der Waals surface area contributed by atoms with E-state index in [-0.39, 0.29) is 5.76 Å². The van der Waals surface area contributed by atoms with Crippen molar-refractivity contribution in [1.29, 1.82) is 0 Å². The van der Waals surface area contributed by atoms with Crippen LogP contribution < -0.4 is 0 Å². The predicted octanol–water partition coefficient (Wildman–Crippen LogP) is 3.19. The molecule has 0 amide bonds. The molecule has 2 nitrogen and oxygen atoms in total. The molecule has 15 heavy (non-hydrogen) atoms. The van der Waals surface area contributed by atoms with Crippen molar-refractivity contribution in [1.82, 2.24) is 0 Å². The van der Waals surface area contributed by atoms with Crippen LogP contribution in [0.5, 0.6) is 0 Å². The number of carbonyl (C=O) groups is 1. The second-order valence-corrected chi connectivity index (χ2v) is 3.32. The molecule has 78 valence electrons. The molecule has 2 rings (SSSR count). The molecule has 0 bridgehead atoms. The lowest BCUT2D eigenvalue weighted by Crippen LogP contribution is -2.08. The van der Waals surface area contributed by atoms with Gasteiger partial charge in [-0.2, -0.15) is 0 Å². The van der Waals surface area contributed by atoms with E-state index < -0.39 is 12.2 Å². The molecule has 1 aromatic heterocycles. The van der Waals surface area contributed by atoms with Gasteiger partial charge < -0.3 is 4.42 Å². The summed E-state index contributed by atoms with van der Waals surface area (Å²) in [5.41, 5.74) is 1.43. The third-order valence-corrected chi connectivity index (χ3v) is 2.11. The number of rotatable bonds is 2. The zero-order valence-electron chi connectivity index (χ0n) is 7.96. The molecule has 1 heterocycles. The first-order valence-electron chi connectivity index (χ1n) is 4.40. The SMILES string of the molecule is Cc1ccc2oc(C(=O)C(F)F)cc2c1. The van der Waals surface area contributed by atoms with E-state index in [9.17, 15) is 13.6 Å². The van der Waals surface area contributed by atoms with Crippen LogP contribution in [0.1, 0.15) is 16.1 Å². The molecular weight excluding hydrogens is 202 g/mol. The fourth-order valence-corrected chi connectivity index (χ4v) is 1.39. The van der Waals surface area contributed by atoms with Crippen molar-refractivity contribution in [3.63, 3.8) is 0 Å². The number of hydrogen-bond donors (Lipinski definition) is 0. The number of alkyl halides is 2. The van der Waals surface area contributed by atoms with Crippen LogP contribution >= 0.6 is 0 Å². The zero-order chi connectivity index (χ0) is 11.0. The molecular formula is C11H8F2O2. The van der Waals surface area contributed by atoms with E-state index in [0.717, 1.165) is 5.56 Å². The van der Waals surface area contributed by atoms with Crippen molar-refractivity contribution in [3.05, 3.63) is 35.6 Å². The summed E-state index contributed by atoms with van der Waals surface area (Å²) in [6.45, 7) is 1.88. The Morgan fingerprint density at radius 2 is 2.07 bits per heavy atom. The molecule has 0 atom stereocenters. The second kappa shape index (κ2) is 3.46. The van der Waals surface area contributed by atoms with Crippen molar-refractivity contribution in [2.75, 3.05) is 0 Å². The van der Waals surface area contributed by atoms with E-state index in [1.54, 1.807) is 18.2 Å². The highest BCUT2D eigenvalue weighted by Crippen LogP contribution is 2.22. The van der Waals surface area contributed by atoms with Crippen LogP contribution in [0.2, 0.25) is 0 Å². The number of hydrogen-bond acceptors (Lipinski definition) is 2. The van der Waals surface area contributed by atoms with Crippen LogP contribution in [-0.4, -0.2) is 12.2 Å². The Hall–Kier alpha value is -1.71. The Kier molecular flexibility index (Phi) is 2.26. The lowest BCUT2D eigenvalue weighted by molar-refractivity contribution is 0.0651. The molecule has 0 aliphatic heterocycles. The monoisotopic (exact) mass is 210 g/mol. The van der Waals surface area contributed by atoms with Gasteiger partial charge in [-0.1, -0.05) is 11.6 Å². The largest absolute Gasteiger partial charge is 0.453 e. The van der Waals surface area contributed by atoms with Gasteiger partial charge in [0, 0.05) is 5.39 Å². The molecule has 0 fully saturated rings. The fraction of sp³-hybridized carbons (Fsp3) is 0.182. The first kappa shape index (κ1) is 9.83. The highest BCUT2D eigenvalue weighted by atomic mass is 19.3. The van der Waals surface area contributed by atoms with Gasteiger partial charge in [-0.15, -0.1) is 0 Å². The summed E-state index contributed by atoms with van der Waals surface area (Å²) < 4.78 is 29.2. The fourth-order valence-electron chi connectivity index (χ4n) is 1.39. The minimum Gasteiger partial charge on any atom is -0.453 e. The van der Waals surface area contributed by atoms with Gasteiger partial charge in [0.1, 0.15) is 5.58 Å². The Morgan fingerprint density at radius 3 is 2.73 bits per heavy atom. The molecule has 0 N–H and O–H groups in total. The summed E-state index contributed by atoms with van der Waals surface area (Å²) in [4.78, 5) is 11.0. The number of ketones is 1. The standard InChI is InChI=1S/C11H8F2O2/c1-6-2-3-8-7(4-6)5-9(15-8)10(14)11(12)13/h2-5,11H,1H3. The smallest absolute Gasteiger partial charge is 0.303 e. The molecule has 2 aromatic rings. The van der Waals surface area contributed by atoms with Gasteiger partial charge in [-0.3, -0.25) is 4.79 Å². The van der Waals surface area contributed by atoms with E-state index in [1.165, 1.54) is 6.07 Å². The Bertz CT molecular complexity index is 514. The molecule has 4 heteroatoms. The maximum atomic E-state index is 12.1. The van der Waals surface area contributed by atoms with Gasteiger partial charge in [0.05, 0.1) is 0 Å². The number of aryl methyl sites for hydroxylation is 1. The minimum atomic E-state index is -3.02. The molecule has 0 aliphatic rings. The van der Waals surface area contributed by atoms with Crippen LogP contribution in [0, 0.1) is 6.92 Å². The first-order chi connectivity index (χ1) is 7.08. The quantitative estimate of drug-likeness (QED) is 0.712. The van der Waals surface area contributed by atoms with Gasteiger partial charge in [0.25, 0.3) is 5.78 Å². The maximum absolute atomic E-state index is 12.1. The number of furan rings is 1. The minimum absolute atomic E-state index is 0.286. The lowest BCUT2D eigenvalue weighted by Gasteiger charge is -1.91. The Morgan fingerprint density at radius 1 is 1.33 bits per heavy atom. The molecule has 0 saturated heterocycles. The van der Waals surface area contributed by atoms with Crippen molar-refractivity contribution in [2.24, 2.45) is 0 Å². The lowest BCUT2D eigenvalue weighted by atomic mass is 10.2. The van der Waals surface area contributed by atoms with Gasteiger partial charge in [-0.05, 0) is 25.1 Å². The summed E-state index contributed by atoms with van der Waals surface area (Å²) in [5.74, 6) is -1.56. The van der Waals surface area contributed by atoms with Gasteiger partial charge in [0.15, 0.2) is 5.76 Å². The van der Waals surface area contributed by atoms with E-state index in [2.05, 4.69) is 0 Å². The highest BCUT2D eigenvalue weighted by molar-refractivity contribution is 5.99. The van der Waals surface area contributed by atoms with Crippen molar-refractivity contribution >= 4 is 16.8 Å². The Balaban J connectivity index is 2.52. The van der Waals surface area contributed by atoms with Crippen LogP contribution in [0.4, 0.5) is 8.78 Å². The van der Waals surface area contributed by atoms with Crippen LogP contribution in [0.3, 0.4) is 0 Å². The summed E-state index contributed by atoms with van der Waals surface area (Å²) >= 11 is 0. The van der Waals surface area contributed by atoms with Gasteiger partial charge >= 0.3 is 6.43 Å². The molecule has 0 aliphatic carbocycles. The topological polar surface area (TPSA) is 30.2 Å². The number of benzene rings is 1. The van der Waals surface area contributed by atoms with Crippen molar-refractivity contribution < 1.29 is 18.0 Å². The first-order valence-corrected chi connectivity index (χ1v) is 4.40. The van der Waals surface area contributed by atoms with E-state index in [4.69, 9.17) is 4.42 Å². The summed E-state index contributed by atoms with van der Waals surface area (Å²) in [7, 11) is 0. The van der Waals surface area contributed by atoms with Crippen LogP contribution in [-0.2, 0) is 0 Å². The van der Waals surface area contributed by atoms with E-state index >= 15 is 0 Å². The molecule has 1 aromatic carbocycles. The van der Waals surface area contributed by atoms with Gasteiger partial charge in [-0.25, -0.2) is 8.78 Å². The normalized spacial score (nSPS) is 11.2. The van der Waals surface area contributed by atoms with E-state index in [0.29, 0.717) is 11.0 Å². The third kappa shape index (κ3) is 1.75. The Labute approximate surface area is 84.5 Å². The average Bonchev–Trinajstić information content (AvgIpc) is 2.58. The number of fused-ring (bicyclic) bond motifs is 1. The van der Waals surface area contributed by atoms with Crippen molar-refractivity contribution in [2.45, 2.75) is 13.3 Å². The maximum Gasteiger partial charge on any atom is 0.303 e. The second-order valence-electron chi connectivity index (χ2n) is 3.32. The summed E-state index contributed by atoms with van der Waals surface area (Å²) in [6.07, 6.45) is -3.02. The number of halogens is 2. The molecule has 0 saturated carbocycles. The highest BCUT2D eigenvalue weighted by Gasteiger charge is 2.21. The molecule has 0 radical (unpaired) electrons. The number of Topliss-reactive ketones (excluding diaryl/α,β-unsaturated/α-hetero) is 1. The predicted molar refractivity (Wildman–Crippen MR) is 51.3 cm³/mol. The molecule has 0 unspecified atom stereocenters. The van der Waals surface area contributed by atoms with Crippen LogP contribution in [0.15, 0.2) is 28.7 Å². The van der Waals surface area contributed by atoms with Gasteiger partial charge in [0.2, 0.25) is 0 Å². The molecule has 0 spiro atoms. The van der Waals surface area contributed by atoms with Crippen molar-refractivity contribution in [3.8, 4) is 0 Å². The summed E-state index contributed by atoms with van der Waals surface area (Å²) in [6, 6.07) is 6.58.